The summed E-state index contributed by atoms with van der Waals surface area (Å²) in [4.78, 5) is 16.5. The van der Waals surface area contributed by atoms with Gasteiger partial charge in [0.2, 0.25) is 0 Å². The Morgan fingerprint density at radius 2 is 1.72 bits per heavy atom. The number of nitrogens with zero attached hydrogens (tertiary/aromatic N) is 3. The first-order chi connectivity index (χ1) is 12.1. The van der Waals surface area contributed by atoms with Crippen LogP contribution in [-0.2, 0) is 0 Å². The zero-order chi connectivity index (χ0) is 17.8. The fourth-order valence-corrected chi connectivity index (χ4v) is 3.85. The molecule has 0 bridgehead atoms. The summed E-state index contributed by atoms with van der Waals surface area (Å²) in [5.74, 6) is 0. The van der Waals surface area contributed by atoms with Crippen LogP contribution < -0.4 is 10.2 Å². The molecular weight excluding hydrogens is 448 g/mol. The minimum atomic E-state index is -0.0949. The highest BCUT2D eigenvalue weighted by Crippen LogP contribution is 2.26. The average molecular weight is 464 g/mol. The molecule has 0 aromatic heterocycles. The third-order valence-electron chi connectivity index (χ3n) is 4.10. The van der Waals surface area contributed by atoms with Gasteiger partial charge in [-0.05, 0) is 58.4 Å². The minimum absolute atomic E-state index is 0.0949. The highest BCUT2D eigenvalue weighted by Gasteiger charge is 2.21. The molecule has 2 amide bonds. The number of hydrogen-bond acceptors (Lipinski definition) is 3. The molecule has 1 aliphatic rings. The first kappa shape index (κ1) is 17.8. The molecule has 1 N–H and O–H groups in total. The average Bonchev–Trinajstić information content (AvgIpc) is 2.64. The predicted molar refractivity (Wildman–Crippen MR) is 106 cm³/mol. The molecule has 0 unspecified atom stereocenters. The lowest BCUT2D eigenvalue weighted by molar-refractivity contribution is 0.208. The van der Waals surface area contributed by atoms with Crippen LogP contribution in [0, 0.1) is 11.3 Å². The molecular formula is C18H16Br2N4O. The van der Waals surface area contributed by atoms with E-state index >= 15 is 0 Å². The molecule has 1 heterocycles. The highest BCUT2D eigenvalue weighted by molar-refractivity contribution is 9.11. The number of urea groups is 1. The molecule has 1 aliphatic heterocycles. The Morgan fingerprint density at radius 1 is 1.04 bits per heavy atom. The van der Waals surface area contributed by atoms with Crippen LogP contribution in [0.5, 0.6) is 0 Å². The number of carbonyl (C=O) groups is 1. The molecule has 1 saturated heterocycles. The SMILES string of the molecule is N#Cc1ccc(N2CCN(C(=O)Nc3ccc(Br)cc3Br)CC2)cc1. The molecule has 2 aromatic rings. The molecule has 0 atom stereocenters. The van der Waals surface area contributed by atoms with Gasteiger partial charge in [0.1, 0.15) is 0 Å². The Hall–Kier alpha value is -2.04. The molecule has 7 heteroatoms. The van der Waals surface area contributed by atoms with Crippen LogP contribution in [0.1, 0.15) is 5.56 Å². The summed E-state index contributed by atoms with van der Waals surface area (Å²) < 4.78 is 1.79. The first-order valence-corrected chi connectivity index (χ1v) is 9.41. The molecule has 128 valence electrons. The number of rotatable bonds is 2. The van der Waals surface area contributed by atoms with E-state index in [2.05, 4.69) is 48.1 Å². The minimum Gasteiger partial charge on any atom is -0.368 e. The van der Waals surface area contributed by atoms with Crippen molar-refractivity contribution in [2.75, 3.05) is 36.4 Å². The van der Waals surface area contributed by atoms with Crippen molar-refractivity contribution in [1.82, 2.24) is 4.90 Å². The second-order valence-corrected chi connectivity index (χ2v) is 7.46. The van der Waals surface area contributed by atoms with Crippen LogP contribution in [0.25, 0.3) is 0 Å². The summed E-state index contributed by atoms with van der Waals surface area (Å²) >= 11 is 6.86. The van der Waals surface area contributed by atoms with Gasteiger partial charge in [0, 0.05) is 40.8 Å². The van der Waals surface area contributed by atoms with Crippen LogP contribution in [0.15, 0.2) is 51.4 Å². The number of halogens is 2. The van der Waals surface area contributed by atoms with Gasteiger partial charge in [-0.2, -0.15) is 5.26 Å². The number of hydrogen-bond donors (Lipinski definition) is 1. The summed E-state index contributed by atoms with van der Waals surface area (Å²) in [5, 5.41) is 11.8. The number of amides is 2. The van der Waals surface area contributed by atoms with Crippen LogP contribution in [0.2, 0.25) is 0 Å². The lowest BCUT2D eigenvalue weighted by Gasteiger charge is -2.36. The fraction of sp³-hybridized carbons (Fsp3) is 0.222. The van der Waals surface area contributed by atoms with Crippen molar-refractivity contribution in [1.29, 1.82) is 5.26 Å². The van der Waals surface area contributed by atoms with Crippen molar-refractivity contribution in [3.05, 3.63) is 57.0 Å². The number of benzene rings is 2. The molecule has 1 fully saturated rings. The van der Waals surface area contributed by atoms with Crippen molar-refractivity contribution in [3.63, 3.8) is 0 Å². The molecule has 0 radical (unpaired) electrons. The Morgan fingerprint density at radius 3 is 2.32 bits per heavy atom. The van der Waals surface area contributed by atoms with Gasteiger partial charge in [-0.15, -0.1) is 0 Å². The smallest absolute Gasteiger partial charge is 0.321 e. The Kier molecular flexibility index (Phi) is 5.61. The first-order valence-electron chi connectivity index (χ1n) is 7.83. The van der Waals surface area contributed by atoms with Gasteiger partial charge in [-0.25, -0.2) is 4.79 Å². The van der Waals surface area contributed by atoms with E-state index in [0.29, 0.717) is 18.7 Å². The topological polar surface area (TPSA) is 59.4 Å². The highest BCUT2D eigenvalue weighted by atomic mass is 79.9. The zero-order valence-electron chi connectivity index (χ0n) is 13.4. The monoisotopic (exact) mass is 462 g/mol. The van der Waals surface area contributed by atoms with Crippen LogP contribution in [0.3, 0.4) is 0 Å². The Labute approximate surface area is 163 Å². The van der Waals surface area contributed by atoms with E-state index in [1.54, 1.807) is 0 Å². The van der Waals surface area contributed by atoms with Crippen LogP contribution >= 0.6 is 31.9 Å². The number of nitrogens with one attached hydrogen (secondary N) is 1. The van der Waals surface area contributed by atoms with Gasteiger partial charge in [-0.1, -0.05) is 15.9 Å². The van der Waals surface area contributed by atoms with E-state index in [1.807, 2.05) is 47.4 Å². The lowest BCUT2D eigenvalue weighted by atomic mass is 10.2. The maximum absolute atomic E-state index is 12.5. The van der Waals surface area contributed by atoms with Gasteiger partial charge in [-0.3, -0.25) is 0 Å². The van der Waals surface area contributed by atoms with Gasteiger partial charge < -0.3 is 15.1 Å². The standard InChI is InChI=1S/C18H16Br2N4O/c19-14-3-6-17(16(20)11-14)22-18(25)24-9-7-23(8-10-24)15-4-1-13(12-21)2-5-15/h1-6,11H,7-10H2,(H,22,25). The van der Waals surface area contributed by atoms with E-state index in [-0.39, 0.29) is 6.03 Å². The lowest BCUT2D eigenvalue weighted by Crippen LogP contribution is -2.50. The summed E-state index contributed by atoms with van der Waals surface area (Å²) in [6, 6.07) is 15.2. The third-order valence-corrected chi connectivity index (χ3v) is 5.25. The van der Waals surface area contributed by atoms with Crippen molar-refractivity contribution in [2.45, 2.75) is 0 Å². The largest absolute Gasteiger partial charge is 0.368 e. The fourth-order valence-electron chi connectivity index (χ4n) is 2.70. The van der Waals surface area contributed by atoms with E-state index < -0.39 is 0 Å². The van der Waals surface area contributed by atoms with Gasteiger partial charge >= 0.3 is 6.03 Å². The Bertz CT molecular complexity index is 809. The van der Waals surface area contributed by atoms with E-state index in [1.165, 1.54) is 0 Å². The summed E-state index contributed by atoms with van der Waals surface area (Å²) in [6.07, 6.45) is 0. The van der Waals surface area contributed by atoms with Gasteiger partial charge in [0.05, 0.1) is 17.3 Å². The zero-order valence-corrected chi connectivity index (χ0v) is 16.5. The van der Waals surface area contributed by atoms with Crippen LogP contribution in [0.4, 0.5) is 16.2 Å². The van der Waals surface area contributed by atoms with Gasteiger partial charge in [0.25, 0.3) is 0 Å². The molecule has 2 aromatic carbocycles. The predicted octanol–water partition coefficient (Wildman–Crippen LogP) is 4.44. The van der Waals surface area contributed by atoms with Crippen molar-refractivity contribution < 1.29 is 4.79 Å². The van der Waals surface area contributed by atoms with Crippen molar-refractivity contribution in [2.24, 2.45) is 0 Å². The summed E-state index contributed by atoms with van der Waals surface area (Å²) in [6.45, 7) is 2.83. The van der Waals surface area contributed by atoms with E-state index in [0.717, 1.165) is 33.4 Å². The van der Waals surface area contributed by atoms with Gasteiger partial charge in [0.15, 0.2) is 0 Å². The summed E-state index contributed by atoms with van der Waals surface area (Å²) in [7, 11) is 0. The third kappa shape index (κ3) is 4.33. The second-order valence-electron chi connectivity index (χ2n) is 5.69. The van der Waals surface area contributed by atoms with Crippen molar-refractivity contribution >= 4 is 49.3 Å². The number of piperazine rings is 1. The number of carbonyl (C=O) groups excluding carboxylic acids is 1. The quantitative estimate of drug-likeness (QED) is 0.716. The molecule has 25 heavy (non-hydrogen) atoms. The molecule has 0 spiro atoms. The number of nitriles is 1. The van der Waals surface area contributed by atoms with Crippen molar-refractivity contribution in [3.8, 4) is 6.07 Å². The second kappa shape index (κ2) is 7.89. The Balaban J connectivity index is 1.57. The maximum Gasteiger partial charge on any atom is 0.321 e. The summed E-state index contributed by atoms with van der Waals surface area (Å²) in [5.41, 5.74) is 2.49. The molecule has 5 nitrogen and oxygen atoms in total. The molecule has 0 aliphatic carbocycles. The molecule has 0 saturated carbocycles. The normalized spacial score (nSPS) is 14.1. The maximum atomic E-state index is 12.5. The van der Waals surface area contributed by atoms with E-state index in [9.17, 15) is 4.79 Å². The van der Waals surface area contributed by atoms with E-state index in [4.69, 9.17) is 5.26 Å². The number of anilines is 2. The van der Waals surface area contributed by atoms with Crippen LogP contribution in [-0.4, -0.2) is 37.1 Å². The molecule has 3 rings (SSSR count).